The van der Waals surface area contributed by atoms with Gasteiger partial charge in [-0.05, 0) is 68.2 Å². The maximum absolute atomic E-state index is 5.44. The number of nitrogens with zero attached hydrogens (tertiary/aromatic N) is 1. The third-order valence-corrected chi connectivity index (χ3v) is 3.56. The van der Waals surface area contributed by atoms with Crippen LogP contribution in [0.5, 0.6) is 5.75 Å². The molecule has 1 aromatic carbocycles. The molecule has 0 aliphatic rings. The molecule has 0 aliphatic heterocycles. The molecule has 0 saturated carbocycles. The predicted molar refractivity (Wildman–Crippen MR) is 99.1 cm³/mol. The quantitative estimate of drug-likeness (QED) is 0.599. The highest BCUT2D eigenvalue weighted by Crippen LogP contribution is 2.13. The number of pyridine rings is 1. The van der Waals surface area contributed by atoms with Gasteiger partial charge >= 0.3 is 0 Å². The average Bonchev–Trinajstić information content (AvgIpc) is 2.55. The van der Waals surface area contributed by atoms with E-state index in [0.29, 0.717) is 11.7 Å². The number of nitrogens with one attached hydrogen (secondary N) is 2. The summed E-state index contributed by atoms with van der Waals surface area (Å²) in [7, 11) is 0. The van der Waals surface area contributed by atoms with E-state index < -0.39 is 0 Å². The Kier molecular flexibility index (Phi) is 6.81. The van der Waals surface area contributed by atoms with Gasteiger partial charge in [-0.2, -0.15) is 0 Å². The van der Waals surface area contributed by atoms with Gasteiger partial charge in [0.1, 0.15) is 11.6 Å². The van der Waals surface area contributed by atoms with E-state index in [4.69, 9.17) is 17.0 Å². The number of hydrogen-bond donors (Lipinski definition) is 2. The summed E-state index contributed by atoms with van der Waals surface area (Å²) >= 11 is 5.27. The van der Waals surface area contributed by atoms with Crippen LogP contribution in [-0.4, -0.2) is 23.2 Å². The number of rotatable bonds is 7. The molecule has 0 unspecified atom stereocenters. The molecule has 0 atom stereocenters. The van der Waals surface area contributed by atoms with Gasteiger partial charge in [0.2, 0.25) is 0 Å². The molecule has 122 valence electrons. The van der Waals surface area contributed by atoms with Gasteiger partial charge in [-0.15, -0.1) is 0 Å². The summed E-state index contributed by atoms with van der Waals surface area (Å²) in [6.45, 7) is 5.52. The fourth-order valence-corrected chi connectivity index (χ4v) is 2.32. The van der Waals surface area contributed by atoms with Gasteiger partial charge in [0.15, 0.2) is 5.11 Å². The lowest BCUT2D eigenvalue weighted by Gasteiger charge is -2.10. The van der Waals surface area contributed by atoms with Gasteiger partial charge in [-0.1, -0.05) is 18.2 Å². The van der Waals surface area contributed by atoms with Gasteiger partial charge in [-0.3, -0.25) is 0 Å². The molecule has 0 saturated heterocycles. The molecule has 23 heavy (non-hydrogen) atoms. The summed E-state index contributed by atoms with van der Waals surface area (Å²) in [4.78, 5) is 4.27. The zero-order chi connectivity index (χ0) is 16.5. The third-order valence-electron chi connectivity index (χ3n) is 3.32. The zero-order valence-corrected chi connectivity index (χ0v) is 14.5. The smallest absolute Gasteiger partial charge is 0.171 e. The number of hydrogen-bond acceptors (Lipinski definition) is 3. The molecule has 0 amide bonds. The van der Waals surface area contributed by atoms with Crippen LogP contribution in [0.1, 0.15) is 24.5 Å². The summed E-state index contributed by atoms with van der Waals surface area (Å²) in [5, 5.41) is 6.89. The molecule has 4 nitrogen and oxygen atoms in total. The van der Waals surface area contributed by atoms with Crippen molar-refractivity contribution >= 4 is 23.1 Å². The summed E-state index contributed by atoms with van der Waals surface area (Å²) in [6, 6.07) is 12.2. The molecule has 0 spiro atoms. The minimum absolute atomic E-state index is 0.605. The Hall–Kier alpha value is -2.14. The van der Waals surface area contributed by atoms with Gasteiger partial charge in [0.05, 0.1) is 6.61 Å². The van der Waals surface area contributed by atoms with Crippen LogP contribution >= 0.6 is 12.2 Å². The summed E-state index contributed by atoms with van der Waals surface area (Å²) < 4.78 is 5.44. The van der Waals surface area contributed by atoms with Crippen LogP contribution in [0.25, 0.3) is 0 Å². The van der Waals surface area contributed by atoms with Crippen molar-refractivity contribution in [2.75, 3.05) is 18.5 Å². The number of aryl methyl sites for hydroxylation is 2. The van der Waals surface area contributed by atoms with Crippen molar-refractivity contribution in [2.24, 2.45) is 0 Å². The topological polar surface area (TPSA) is 46.2 Å². The van der Waals surface area contributed by atoms with Gasteiger partial charge in [-0.25, -0.2) is 4.98 Å². The monoisotopic (exact) mass is 329 g/mol. The third kappa shape index (κ3) is 6.24. The largest absolute Gasteiger partial charge is 0.494 e. The Labute approximate surface area is 143 Å². The Balaban J connectivity index is 1.66. The average molecular weight is 329 g/mol. The van der Waals surface area contributed by atoms with E-state index in [0.717, 1.165) is 36.5 Å². The van der Waals surface area contributed by atoms with Crippen LogP contribution in [0.3, 0.4) is 0 Å². The maximum atomic E-state index is 5.44. The summed E-state index contributed by atoms with van der Waals surface area (Å²) in [6.07, 6.45) is 3.83. The van der Waals surface area contributed by atoms with E-state index in [1.807, 2.05) is 44.3 Å². The standard InChI is InChI=1S/C18H23N3OS/c1-3-22-16-9-7-15(8-10-16)5-4-12-19-18(23)21-17-11-6-14(2)13-20-17/h6-11,13H,3-5,12H2,1-2H3,(H2,19,20,21,23). The fraction of sp³-hybridized carbons (Fsp3) is 0.333. The highest BCUT2D eigenvalue weighted by atomic mass is 32.1. The highest BCUT2D eigenvalue weighted by Gasteiger charge is 1.99. The predicted octanol–water partition coefficient (Wildman–Crippen LogP) is 3.71. The molecule has 0 aliphatic carbocycles. The molecule has 5 heteroatoms. The van der Waals surface area contributed by atoms with Crippen LogP contribution in [0, 0.1) is 6.92 Å². The summed E-state index contributed by atoms with van der Waals surface area (Å²) in [5.74, 6) is 1.69. The molecular weight excluding hydrogens is 306 g/mol. The molecule has 0 bridgehead atoms. The van der Waals surface area contributed by atoms with Gasteiger partial charge in [0, 0.05) is 12.7 Å². The van der Waals surface area contributed by atoms with Crippen molar-refractivity contribution in [2.45, 2.75) is 26.7 Å². The molecule has 2 N–H and O–H groups in total. The Morgan fingerprint density at radius 2 is 1.96 bits per heavy atom. The van der Waals surface area contributed by atoms with Crippen LogP contribution in [0.15, 0.2) is 42.6 Å². The number of anilines is 1. The Morgan fingerprint density at radius 3 is 2.61 bits per heavy atom. The van der Waals surface area contributed by atoms with Crippen molar-refractivity contribution in [1.29, 1.82) is 0 Å². The van der Waals surface area contributed by atoms with E-state index in [-0.39, 0.29) is 0 Å². The second kappa shape index (κ2) is 9.10. The molecule has 0 radical (unpaired) electrons. The minimum atomic E-state index is 0.605. The van der Waals surface area contributed by atoms with Gasteiger partial charge < -0.3 is 15.4 Å². The lowest BCUT2D eigenvalue weighted by molar-refractivity contribution is 0.340. The first-order valence-corrected chi connectivity index (χ1v) is 8.27. The van der Waals surface area contributed by atoms with E-state index in [2.05, 4.69) is 27.8 Å². The first-order valence-electron chi connectivity index (χ1n) is 7.86. The van der Waals surface area contributed by atoms with Crippen LogP contribution in [-0.2, 0) is 6.42 Å². The van der Waals surface area contributed by atoms with Crippen molar-refractivity contribution in [3.8, 4) is 5.75 Å². The van der Waals surface area contributed by atoms with Crippen LogP contribution < -0.4 is 15.4 Å². The van der Waals surface area contributed by atoms with Crippen molar-refractivity contribution in [1.82, 2.24) is 10.3 Å². The SMILES string of the molecule is CCOc1ccc(CCCNC(=S)Nc2ccc(C)cn2)cc1. The van der Waals surface area contributed by atoms with E-state index in [9.17, 15) is 0 Å². The highest BCUT2D eigenvalue weighted by molar-refractivity contribution is 7.80. The van der Waals surface area contributed by atoms with Crippen molar-refractivity contribution < 1.29 is 4.74 Å². The zero-order valence-electron chi connectivity index (χ0n) is 13.6. The second-order valence-corrected chi connectivity index (χ2v) is 5.69. The normalized spacial score (nSPS) is 10.2. The molecule has 2 rings (SSSR count). The Bertz CT molecular complexity index is 611. The number of aromatic nitrogens is 1. The number of thiocarbonyl (C=S) groups is 1. The Morgan fingerprint density at radius 1 is 1.17 bits per heavy atom. The molecule has 0 fully saturated rings. The molecule has 1 aromatic heterocycles. The number of benzene rings is 1. The summed E-state index contributed by atoms with van der Waals surface area (Å²) in [5.41, 5.74) is 2.43. The lowest BCUT2D eigenvalue weighted by atomic mass is 10.1. The minimum Gasteiger partial charge on any atom is -0.494 e. The second-order valence-electron chi connectivity index (χ2n) is 5.28. The fourth-order valence-electron chi connectivity index (χ4n) is 2.12. The van der Waals surface area contributed by atoms with E-state index >= 15 is 0 Å². The lowest BCUT2D eigenvalue weighted by Crippen LogP contribution is -2.29. The van der Waals surface area contributed by atoms with Crippen molar-refractivity contribution in [3.63, 3.8) is 0 Å². The molecular formula is C18H23N3OS. The van der Waals surface area contributed by atoms with Crippen LogP contribution in [0.2, 0.25) is 0 Å². The van der Waals surface area contributed by atoms with E-state index in [1.165, 1.54) is 5.56 Å². The first-order chi connectivity index (χ1) is 11.2. The van der Waals surface area contributed by atoms with Crippen LogP contribution in [0.4, 0.5) is 5.82 Å². The first kappa shape index (κ1) is 17.2. The maximum Gasteiger partial charge on any atom is 0.171 e. The molecule has 1 heterocycles. The van der Waals surface area contributed by atoms with E-state index in [1.54, 1.807) is 0 Å². The number of ether oxygens (including phenoxy) is 1. The molecule has 2 aromatic rings. The van der Waals surface area contributed by atoms with Crippen molar-refractivity contribution in [3.05, 3.63) is 53.7 Å². The van der Waals surface area contributed by atoms with Gasteiger partial charge in [0.25, 0.3) is 0 Å².